The number of nitrogens with zero attached hydrogens (tertiary/aromatic N) is 4. The third kappa shape index (κ3) is 2.56. The van der Waals surface area contributed by atoms with Crippen LogP contribution < -0.4 is 10.5 Å². The Morgan fingerprint density at radius 3 is 2.65 bits per heavy atom. The average molecular weight is 372 g/mol. The fourth-order valence-corrected chi connectivity index (χ4v) is 5.02. The number of nitro groups is 1. The maximum Gasteiger partial charge on any atom is 0.293 e. The molecule has 0 unspecified atom stereocenters. The molecule has 0 spiro atoms. The monoisotopic (exact) mass is 372 g/mol. The van der Waals surface area contributed by atoms with Crippen molar-refractivity contribution in [1.29, 1.82) is 0 Å². The smallest absolute Gasteiger partial charge is 0.293 e. The van der Waals surface area contributed by atoms with E-state index in [1.807, 2.05) is 0 Å². The van der Waals surface area contributed by atoms with E-state index in [0.29, 0.717) is 21.3 Å². The van der Waals surface area contributed by atoms with Crippen LogP contribution in [0.3, 0.4) is 0 Å². The lowest BCUT2D eigenvalue weighted by Gasteiger charge is -2.23. The maximum absolute atomic E-state index is 13.1. The second-order valence-corrected chi connectivity index (χ2v) is 8.04. The zero-order chi connectivity index (χ0) is 18.4. The Balaban J connectivity index is 2.00. The molecule has 8 heteroatoms. The predicted molar refractivity (Wildman–Crippen MR) is 104 cm³/mol. The first-order valence-electron chi connectivity index (χ1n) is 8.77. The summed E-state index contributed by atoms with van der Waals surface area (Å²) in [6.07, 6.45) is 7.14. The van der Waals surface area contributed by atoms with Crippen LogP contribution in [0.5, 0.6) is 0 Å². The first-order chi connectivity index (χ1) is 12.5. The summed E-state index contributed by atoms with van der Waals surface area (Å²) in [5.74, 6) is 0. The standard InChI is InChI=1S/C18H20N4O3S/c1-20(2)16-12(22(24)25)8-9-13-14(16)15-17(26-13)18(23)21(10-19-15)11-6-4-3-5-7-11/h8-11H,3-7H2,1-2H3. The molecule has 136 valence electrons. The van der Waals surface area contributed by atoms with Gasteiger partial charge in [-0.05, 0) is 18.9 Å². The van der Waals surface area contributed by atoms with Crippen molar-refractivity contribution in [3.63, 3.8) is 0 Å². The Hall–Kier alpha value is -2.48. The molecule has 2 aromatic heterocycles. The van der Waals surface area contributed by atoms with Gasteiger partial charge in [0.1, 0.15) is 10.4 Å². The van der Waals surface area contributed by atoms with Gasteiger partial charge < -0.3 is 4.90 Å². The van der Waals surface area contributed by atoms with Crippen molar-refractivity contribution >= 4 is 43.0 Å². The van der Waals surface area contributed by atoms with Gasteiger partial charge in [0, 0.05) is 36.3 Å². The molecule has 0 atom stereocenters. The van der Waals surface area contributed by atoms with Gasteiger partial charge in [0.05, 0.1) is 16.8 Å². The number of fused-ring (bicyclic) bond motifs is 3. The van der Waals surface area contributed by atoms with Gasteiger partial charge in [-0.15, -0.1) is 11.3 Å². The number of nitro benzene ring substituents is 1. The summed E-state index contributed by atoms with van der Waals surface area (Å²) in [6, 6.07) is 3.44. The summed E-state index contributed by atoms with van der Waals surface area (Å²) in [5.41, 5.74) is 1.06. The molecule has 0 radical (unpaired) electrons. The molecule has 1 aromatic carbocycles. The van der Waals surface area contributed by atoms with E-state index in [1.165, 1.54) is 23.8 Å². The minimum Gasteiger partial charge on any atom is -0.372 e. The van der Waals surface area contributed by atoms with Crippen molar-refractivity contribution in [3.05, 3.63) is 38.9 Å². The maximum atomic E-state index is 13.1. The SMILES string of the molecule is CN(C)c1c([N+](=O)[O-])ccc2sc3c(=O)n(C4CCCCC4)cnc3c12. The van der Waals surface area contributed by atoms with Crippen molar-refractivity contribution in [2.75, 3.05) is 19.0 Å². The van der Waals surface area contributed by atoms with E-state index >= 15 is 0 Å². The molecule has 0 aliphatic heterocycles. The molecule has 0 N–H and O–H groups in total. The molecule has 3 aromatic rings. The van der Waals surface area contributed by atoms with Gasteiger partial charge in [0.25, 0.3) is 11.2 Å². The van der Waals surface area contributed by atoms with E-state index in [9.17, 15) is 14.9 Å². The molecule has 1 aliphatic carbocycles. The second kappa shape index (κ2) is 6.35. The first-order valence-corrected chi connectivity index (χ1v) is 9.58. The average Bonchev–Trinajstić information content (AvgIpc) is 3.01. The van der Waals surface area contributed by atoms with Gasteiger partial charge in [-0.1, -0.05) is 19.3 Å². The van der Waals surface area contributed by atoms with Gasteiger partial charge >= 0.3 is 0 Å². The minimum absolute atomic E-state index is 0.0282. The normalized spacial score (nSPS) is 15.6. The van der Waals surface area contributed by atoms with Crippen molar-refractivity contribution in [3.8, 4) is 0 Å². The zero-order valence-corrected chi connectivity index (χ0v) is 15.6. The van der Waals surface area contributed by atoms with Gasteiger partial charge in [-0.2, -0.15) is 0 Å². The Bertz CT molecular complexity index is 1060. The van der Waals surface area contributed by atoms with Crippen LogP contribution >= 0.6 is 11.3 Å². The summed E-state index contributed by atoms with van der Waals surface area (Å²) in [6.45, 7) is 0. The highest BCUT2D eigenvalue weighted by molar-refractivity contribution is 7.25. The lowest BCUT2D eigenvalue weighted by Crippen LogP contribution is -2.26. The molecular formula is C18H20N4O3S. The Morgan fingerprint density at radius 2 is 2.00 bits per heavy atom. The van der Waals surface area contributed by atoms with Gasteiger partial charge in [0.2, 0.25) is 0 Å². The van der Waals surface area contributed by atoms with Crippen molar-refractivity contribution < 1.29 is 4.92 Å². The molecular weight excluding hydrogens is 352 g/mol. The highest BCUT2D eigenvalue weighted by Crippen LogP contribution is 2.42. The summed E-state index contributed by atoms with van der Waals surface area (Å²) in [5, 5.41) is 12.1. The topological polar surface area (TPSA) is 81.3 Å². The van der Waals surface area contributed by atoms with Crippen LogP contribution in [0.4, 0.5) is 11.4 Å². The lowest BCUT2D eigenvalue weighted by atomic mass is 9.95. The number of benzene rings is 1. The number of anilines is 1. The number of aromatic nitrogens is 2. The number of thiophene rings is 1. The summed E-state index contributed by atoms with van der Waals surface area (Å²) < 4.78 is 3.19. The summed E-state index contributed by atoms with van der Waals surface area (Å²) in [7, 11) is 3.54. The molecule has 26 heavy (non-hydrogen) atoms. The van der Waals surface area contributed by atoms with Gasteiger partial charge in [-0.3, -0.25) is 19.5 Å². The van der Waals surface area contributed by atoms with Gasteiger partial charge in [0.15, 0.2) is 0 Å². The van der Waals surface area contributed by atoms with Crippen molar-refractivity contribution in [1.82, 2.24) is 9.55 Å². The molecule has 7 nitrogen and oxygen atoms in total. The molecule has 1 saturated carbocycles. The fraction of sp³-hybridized carbons (Fsp3) is 0.444. The van der Waals surface area contributed by atoms with Crippen LogP contribution in [0.25, 0.3) is 20.3 Å². The van der Waals surface area contributed by atoms with Crippen LogP contribution in [-0.2, 0) is 0 Å². The molecule has 1 fully saturated rings. The third-order valence-electron chi connectivity index (χ3n) is 5.13. The van der Waals surface area contributed by atoms with E-state index in [-0.39, 0.29) is 22.2 Å². The largest absolute Gasteiger partial charge is 0.372 e. The third-order valence-corrected chi connectivity index (χ3v) is 6.27. The summed E-state index contributed by atoms with van der Waals surface area (Å²) >= 11 is 1.37. The predicted octanol–water partition coefficient (Wildman–Crippen LogP) is 4.09. The minimum atomic E-state index is -0.387. The van der Waals surface area contributed by atoms with E-state index in [2.05, 4.69) is 4.98 Å². The highest BCUT2D eigenvalue weighted by Gasteiger charge is 2.25. The fourth-order valence-electron chi connectivity index (χ4n) is 3.92. The molecule has 0 amide bonds. The molecule has 4 rings (SSSR count). The van der Waals surface area contributed by atoms with Crippen molar-refractivity contribution in [2.45, 2.75) is 38.1 Å². The number of hydrogen-bond donors (Lipinski definition) is 0. The van der Waals surface area contributed by atoms with Crippen LogP contribution in [0.1, 0.15) is 38.1 Å². The Morgan fingerprint density at radius 1 is 1.27 bits per heavy atom. The first kappa shape index (κ1) is 17.0. The summed E-state index contributed by atoms with van der Waals surface area (Å²) in [4.78, 5) is 30.4. The van der Waals surface area contributed by atoms with E-state index in [1.54, 1.807) is 36.0 Å². The molecule has 0 saturated heterocycles. The zero-order valence-electron chi connectivity index (χ0n) is 14.8. The number of rotatable bonds is 3. The van der Waals surface area contributed by atoms with Crippen LogP contribution in [0, 0.1) is 10.1 Å². The molecule has 0 bridgehead atoms. The van der Waals surface area contributed by atoms with E-state index < -0.39 is 0 Å². The van der Waals surface area contributed by atoms with Crippen LogP contribution in [0.15, 0.2) is 23.3 Å². The second-order valence-electron chi connectivity index (χ2n) is 6.99. The van der Waals surface area contributed by atoms with Crippen molar-refractivity contribution in [2.24, 2.45) is 0 Å². The lowest BCUT2D eigenvalue weighted by molar-refractivity contribution is -0.384. The quantitative estimate of drug-likeness (QED) is 0.511. The van der Waals surface area contributed by atoms with Gasteiger partial charge in [-0.25, -0.2) is 4.98 Å². The van der Waals surface area contributed by atoms with Crippen LogP contribution in [-0.4, -0.2) is 28.6 Å². The number of hydrogen-bond acceptors (Lipinski definition) is 6. The van der Waals surface area contributed by atoms with E-state index in [4.69, 9.17) is 0 Å². The van der Waals surface area contributed by atoms with Crippen LogP contribution in [0.2, 0.25) is 0 Å². The Labute approximate surface area is 154 Å². The molecule has 2 heterocycles. The Kier molecular flexibility index (Phi) is 4.14. The highest BCUT2D eigenvalue weighted by atomic mass is 32.1. The van der Waals surface area contributed by atoms with E-state index in [0.717, 1.165) is 30.4 Å². The molecule has 1 aliphatic rings.